The molecule has 3 saturated heterocycles. The number of carbonyl (C=O) groups is 3. The molecule has 4 atom stereocenters. The Hall–Kier alpha value is -3.86. The first-order valence-corrected chi connectivity index (χ1v) is 11.3. The zero-order valence-corrected chi connectivity index (χ0v) is 18.9. The van der Waals surface area contributed by atoms with E-state index in [0.717, 1.165) is 11.3 Å². The van der Waals surface area contributed by atoms with Gasteiger partial charge in [-0.2, -0.15) is 0 Å². The average molecular weight is 480 g/mol. The summed E-state index contributed by atoms with van der Waals surface area (Å²) in [5.74, 6) is -3.97. The highest BCUT2D eigenvalue weighted by Gasteiger charge is 2.74. The third-order valence-corrected chi connectivity index (χ3v) is 7.89. The van der Waals surface area contributed by atoms with Gasteiger partial charge in [0.25, 0.3) is 0 Å². The van der Waals surface area contributed by atoms with Crippen molar-refractivity contribution in [2.75, 3.05) is 23.9 Å². The molecule has 2 aromatic carbocycles. The number of aryl methyl sites for hydroxylation is 1. The first kappa shape index (κ1) is 21.7. The van der Waals surface area contributed by atoms with Gasteiger partial charge >= 0.3 is 5.69 Å². The standard InChI is InChI=1S/C24H21FN4O6/c1-11-8-17(29(33)34)18(35-2)10-16(11)28-21(30)19-15-4-3-7-27(15)24(20(19)22(28)31)13-9-12(25)5-6-14(13)26-23(24)32/h5-6,8-10,15,19-20H,3-4,7H2,1-2H3,(H,26,32)/t15-,19+,20+,24-/m1/s1. The van der Waals surface area contributed by atoms with Gasteiger partial charge in [0.1, 0.15) is 11.4 Å². The Labute approximate surface area is 198 Å². The predicted molar refractivity (Wildman–Crippen MR) is 120 cm³/mol. The summed E-state index contributed by atoms with van der Waals surface area (Å²) in [6, 6.07) is 6.19. The number of nitrogens with one attached hydrogen (secondary N) is 1. The summed E-state index contributed by atoms with van der Waals surface area (Å²) in [5.41, 5.74) is -0.472. The number of nitro benzene ring substituents is 1. The fourth-order valence-corrected chi connectivity index (χ4v) is 6.62. The highest BCUT2D eigenvalue weighted by atomic mass is 19.1. The topological polar surface area (TPSA) is 122 Å². The molecule has 1 spiro atoms. The summed E-state index contributed by atoms with van der Waals surface area (Å²) in [7, 11) is 1.27. The number of amides is 3. The zero-order valence-electron chi connectivity index (χ0n) is 18.9. The number of imide groups is 1. The largest absolute Gasteiger partial charge is 0.490 e. The molecule has 0 saturated carbocycles. The lowest BCUT2D eigenvalue weighted by Crippen LogP contribution is -2.54. The number of anilines is 2. The van der Waals surface area contributed by atoms with Crippen LogP contribution in [0.5, 0.6) is 5.75 Å². The highest BCUT2D eigenvalue weighted by molar-refractivity contribution is 6.26. The van der Waals surface area contributed by atoms with Crippen LogP contribution in [-0.4, -0.2) is 47.2 Å². The van der Waals surface area contributed by atoms with Crippen LogP contribution < -0.4 is 15.0 Å². The van der Waals surface area contributed by atoms with Crippen molar-refractivity contribution >= 4 is 34.8 Å². The monoisotopic (exact) mass is 480 g/mol. The molecular weight excluding hydrogens is 459 g/mol. The smallest absolute Gasteiger partial charge is 0.311 e. The van der Waals surface area contributed by atoms with Gasteiger partial charge in [0.15, 0.2) is 5.75 Å². The van der Waals surface area contributed by atoms with Crippen molar-refractivity contribution < 1.29 is 28.4 Å². The molecule has 11 heteroatoms. The van der Waals surface area contributed by atoms with E-state index in [0.29, 0.717) is 29.8 Å². The number of halogens is 1. The number of benzene rings is 2. The molecule has 0 unspecified atom stereocenters. The van der Waals surface area contributed by atoms with Crippen molar-refractivity contribution in [3.8, 4) is 5.75 Å². The quantitative estimate of drug-likeness (QED) is 0.407. The number of carbonyl (C=O) groups excluding carboxylic acids is 3. The first-order valence-electron chi connectivity index (χ1n) is 11.3. The Bertz CT molecular complexity index is 1360. The first-order chi connectivity index (χ1) is 16.7. The van der Waals surface area contributed by atoms with E-state index in [-0.39, 0.29) is 23.2 Å². The number of fused-ring (bicyclic) bond motifs is 7. The van der Waals surface area contributed by atoms with Gasteiger partial charge in [-0.3, -0.25) is 29.4 Å². The van der Waals surface area contributed by atoms with Crippen LogP contribution >= 0.6 is 0 Å². The molecule has 180 valence electrons. The van der Waals surface area contributed by atoms with E-state index in [2.05, 4.69) is 5.32 Å². The SMILES string of the molecule is COc1cc(N2C(=O)[C@H]3[C@H]4CCCN4[C@@]4(C(=O)Nc5ccc(F)cc54)[C@@H]3C2=O)c(C)cc1[N+](=O)[O-]. The molecule has 6 rings (SSSR count). The number of nitrogens with zero attached hydrogens (tertiary/aromatic N) is 3. The summed E-state index contributed by atoms with van der Waals surface area (Å²) in [6.45, 7) is 2.08. The summed E-state index contributed by atoms with van der Waals surface area (Å²) in [5, 5.41) is 14.2. The number of hydrogen-bond donors (Lipinski definition) is 1. The molecule has 3 amide bonds. The van der Waals surface area contributed by atoms with Crippen LogP contribution in [0.25, 0.3) is 0 Å². The molecule has 4 aliphatic heterocycles. The Balaban J connectivity index is 1.54. The van der Waals surface area contributed by atoms with Crippen molar-refractivity contribution in [3.05, 3.63) is 57.4 Å². The molecule has 1 N–H and O–H groups in total. The fraction of sp³-hybridized carbons (Fsp3) is 0.375. The third-order valence-electron chi connectivity index (χ3n) is 7.89. The number of nitro groups is 1. The lowest BCUT2D eigenvalue weighted by molar-refractivity contribution is -0.385. The van der Waals surface area contributed by atoms with Gasteiger partial charge in [-0.05, 0) is 50.1 Å². The van der Waals surface area contributed by atoms with E-state index >= 15 is 0 Å². The molecule has 10 nitrogen and oxygen atoms in total. The van der Waals surface area contributed by atoms with Crippen molar-refractivity contribution in [2.45, 2.75) is 31.3 Å². The van der Waals surface area contributed by atoms with E-state index in [9.17, 15) is 28.9 Å². The van der Waals surface area contributed by atoms with Crippen LogP contribution in [0, 0.1) is 34.7 Å². The van der Waals surface area contributed by atoms with Gasteiger partial charge in [-0.1, -0.05) is 0 Å². The summed E-state index contributed by atoms with van der Waals surface area (Å²) in [6.07, 6.45) is 1.36. The number of methoxy groups -OCH3 is 1. The lowest BCUT2D eigenvalue weighted by atomic mass is 9.75. The van der Waals surface area contributed by atoms with Gasteiger partial charge in [0, 0.05) is 29.4 Å². The number of hydrogen-bond acceptors (Lipinski definition) is 7. The van der Waals surface area contributed by atoms with Gasteiger partial charge in [0.05, 0.1) is 29.6 Å². The Morgan fingerprint density at radius 2 is 1.97 bits per heavy atom. The highest BCUT2D eigenvalue weighted by Crippen LogP contribution is 2.61. The van der Waals surface area contributed by atoms with Gasteiger partial charge < -0.3 is 10.1 Å². The van der Waals surface area contributed by atoms with E-state index in [4.69, 9.17) is 4.74 Å². The van der Waals surface area contributed by atoms with E-state index in [1.165, 1.54) is 37.4 Å². The van der Waals surface area contributed by atoms with E-state index in [1.807, 2.05) is 4.90 Å². The lowest BCUT2D eigenvalue weighted by Gasteiger charge is -2.36. The number of rotatable bonds is 3. The van der Waals surface area contributed by atoms with Crippen LogP contribution in [0.3, 0.4) is 0 Å². The van der Waals surface area contributed by atoms with E-state index in [1.54, 1.807) is 6.92 Å². The van der Waals surface area contributed by atoms with Gasteiger partial charge in [-0.15, -0.1) is 0 Å². The second kappa shape index (κ2) is 7.08. The minimum atomic E-state index is -1.50. The van der Waals surface area contributed by atoms with Crippen LogP contribution in [-0.2, 0) is 19.9 Å². The molecule has 4 aliphatic rings. The molecule has 35 heavy (non-hydrogen) atoms. The molecule has 0 aliphatic carbocycles. The minimum absolute atomic E-state index is 0.0866. The normalized spacial score (nSPS) is 28.9. The second-order valence-electron chi connectivity index (χ2n) is 9.40. The molecule has 4 heterocycles. The maximum absolute atomic E-state index is 14.4. The fourth-order valence-electron chi connectivity index (χ4n) is 6.62. The summed E-state index contributed by atoms with van der Waals surface area (Å²) in [4.78, 5) is 55.2. The number of ether oxygens (including phenoxy) is 1. The van der Waals surface area contributed by atoms with Crippen molar-refractivity contribution in [1.29, 1.82) is 0 Å². The molecule has 2 aromatic rings. The Morgan fingerprint density at radius 1 is 1.20 bits per heavy atom. The second-order valence-corrected chi connectivity index (χ2v) is 9.40. The Morgan fingerprint density at radius 3 is 2.69 bits per heavy atom. The predicted octanol–water partition coefficient (Wildman–Crippen LogP) is 2.48. The maximum atomic E-state index is 14.4. The van der Waals surface area contributed by atoms with Crippen molar-refractivity contribution in [3.63, 3.8) is 0 Å². The average Bonchev–Trinajstić information content (AvgIpc) is 3.52. The zero-order chi connectivity index (χ0) is 24.8. The molecular formula is C24H21FN4O6. The van der Waals surface area contributed by atoms with E-state index < -0.39 is 45.8 Å². The summed E-state index contributed by atoms with van der Waals surface area (Å²) < 4.78 is 19.5. The van der Waals surface area contributed by atoms with Crippen molar-refractivity contribution in [2.24, 2.45) is 11.8 Å². The maximum Gasteiger partial charge on any atom is 0.311 e. The van der Waals surface area contributed by atoms with Crippen LogP contribution in [0.1, 0.15) is 24.0 Å². The molecule has 0 aromatic heterocycles. The van der Waals surface area contributed by atoms with Crippen LogP contribution in [0.15, 0.2) is 30.3 Å². The third kappa shape index (κ3) is 2.53. The minimum Gasteiger partial charge on any atom is -0.490 e. The summed E-state index contributed by atoms with van der Waals surface area (Å²) >= 11 is 0. The molecule has 0 bridgehead atoms. The van der Waals surface area contributed by atoms with Gasteiger partial charge in [0.2, 0.25) is 17.7 Å². The molecule has 3 fully saturated rings. The van der Waals surface area contributed by atoms with Gasteiger partial charge in [-0.25, -0.2) is 9.29 Å². The van der Waals surface area contributed by atoms with Crippen LogP contribution in [0.4, 0.5) is 21.5 Å². The van der Waals surface area contributed by atoms with Crippen LogP contribution in [0.2, 0.25) is 0 Å². The Kier molecular flexibility index (Phi) is 4.38. The molecule has 0 radical (unpaired) electrons. The van der Waals surface area contributed by atoms with Crippen molar-refractivity contribution in [1.82, 2.24) is 4.90 Å².